The molecule has 0 aromatic heterocycles. The summed E-state index contributed by atoms with van der Waals surface area (Å²) < 4.78 is 0. The lowest BCUT2D eigenvalue weighted by Gasteiger charge is -2.08. The van der Waals surface area contributed by atoms with E-state index in [1.54, 1.807) is 0 Å². The van der Waals surface area contributed by atoms with Gasteiger partial charge in [0.2, 0.25) is 5.91 Å². The fraction of sp³-hybridized carbons (Fsp3) is 0.750. The maximum Gasteiger partial charge on any atom is 0.309 e. The van der Waals surface area contributed by atoms with Crippen molar-refractivity contribution in [3.63, 3.8) is 0 Å². The minimum absolute atomic E-state index is 0.101. The summed E-state index contributed by atoms with van der Waals surface area (Å²) >= 11 is 0. The van der Waals surface area contributed by atoms with Crippen molar-refractivity contribution >= 4 is 11.9 Å². The second-order valence-corrected chi connectivity index (χ2v) is 3.32. The highest BCUT2D eigenvalue weighted by Gasteiger charge is 2.49. The second kappa shape index (κ2) is 3.13. The lowest BCUT2D eigenvalue weighted by Crippen LogP contribution is -2.26. The lowest BCUT2D eigenvalue weighted by atomic mass is 10.0. The maximum atomic E-state index is 10.6. The first-order chi connectivity index (χ1) is 5.57. The smallest absolute Gasteiger partial charge is 0.309 e. The number of carbonyl (C=O) groups is 2. The van der Waals surface area contributed by atoms with E-state index in [1.807, 2.05) is 0 Å². The highest BCUT2D eigenvalue weighted by atomic mass is 16.4. The first-order valence-corrected chi connectivity index (χ1v) is 4.05. The van der Waals surface area contributed by atoms with Gasteiger partial charge in [-0.15, -0.1) is 0 Å². The van der Waals surface area contributed by atoms with Gasteiger partial charge >= 0.3 is 5.97 Å². The van der Waals surface area contributed by atoms with Crippen molar-refractivity contribution in [2.24, 2.45) is 5.41 Å². The fourth-order valence-corrected chi connectivity index (χ4v) is 1.20. The van der Waals surface area contributed by atoms with Gasteiger partial charge in [-0.3, -0.25) is 9.59 Å². The quantitative estimate of drug-likeness (QED) is 0.642. The average Bonchev–Trinajstić information content (AvgIpc) is 2.68. The summed E-state index contributed by atoms with van der Waals surface area (Å²) in [6.07, 6.45) is 2.06. The molecule has 1 rings (SSSR count). The van der Waals surface area contributed by atoms with E-state index >= 15 is 0 Å². The molecule has 1 saturated carbocycles. The molecule has 1 fully saturated rings. The highest BCUT2D eigenvalue weighted by molar-refractivity contribution is 5.78. The van der Waals surface area contributed by atoms with Crippen LogP contribution in [0.1, 0.15) is 26.2 Å². The third-order valence-corrected chi connectivity index (χ3v) is 2.28. The molecule has 0 heterocycles. The van der Waals surface area contributed by atoms with Gasteiger partial charge in [0.05, 0.1) is 5.41 Å². The number of carboxylic acids is 1. The summed E-state index contributed by atoms with van der Waals surface area (Å²) in [5.74, 6) is -0.830. The van der Waals surface area contributed by atoms with E-state index in [1.165, 1.54) is 6.92 Å². The van der Waals surface area contributed by atoms with E-state index in [9.17, 15) is 9.59 Å². The summed E-state index contributed by atoms with van der Waals surface area (Å²) in [6, 6.07) is 0. The van der Waals surface area contributed by atoms with E-state index in [0.29, 0.717) is 13.0 Å². The van der Waals surface area contributed by atoms with Gasteiger partial charge in [0.25, 0.3) is 0 Å². The molecular formula is C8H13NO3. The molecule has 2 N–H and O–H groups in total. The lowest BCUT2D eigenvalue weighted by molar-refractivity contribution is -0.143. The van der Waals surface area contributed by atoms with E-state index in [0.717, 1.165) is 12.8 Å². The van der Waals surface area contributed by atoms with Crippen LogP contribution in [-0.4, -0.2) is 23.5 Å². The van der Waals surface area contributed by atoms with Gasteiger partial charge in [-0.2, -0.15) is 0 Å². The molecule has 0 aromatic carbocycles. The van der Waals surface area contributed by atoms with Gasteiger partial charge in [-0.25, -0.2) is 0 Å². The second-order valence-electron chi connectivity index (χ2n) is 3.32. The summed E-state index contributed by atoms with van der Waals surface area (Å²) in [4.78, 5) is 21.1. The van der Waals surface area contributed by atoms with Crippen LogP contribution >= 0.6 is 0 Å². The molecule has 0 bridgehead atoms. The van der Waals surface area contributed by atoms with Crippen LogP contribution in [-0.2, 0) is 9.59 Å². The normalized spacial score (nSPS) is 18.4. The number of carboxylic acid groups (broad SMARTS) is 1. The summed E-state index contributed by atoms with van der Waals surface area (Å²) in [5.41, 5.74) is -0.511. The minimum Gasteiger partial charge on any atom is -0.481 e. The molecule has 12 heavy (non-hydrogen) atoms. The molecule has 68 valence electrons. The minimum atomic E-state index is -0.729. The van der Waals surface area contributed by atoms with Crippen molar-refractivity contribution in [1.29, 1.82) is 0 Å². The van der Waals surface area contributed by atoms with E-state index in [2.05, 4.69) is 5.32 Å². The zero-order valence-electron chi connectivity index (χ0n) is 7.09. The number of hydrogen-bond acceptors (Lipinski definition) is 2. The van der Waals surface area contributed by atoms with E-state index in [4.69, 9.17) is 5.11 Å². The molecule has 0 spiro atoms. The van der Waals surface area contributed by atoms with Crippen molar-refractivity contribution in [3.8, 4) is 0 Å². The summed E-state index contributed by atoms with van der Waals surface area (Å²) in [7, 11) is 0. The van der Waals surface area contributed by atoms with Gasteiger partial charge in [0, 0.05) is 13.5 Å². The molecule has 1 amide bonds. The van der Waals surface area contributed by atoms with Gasteiger partial charge in [0.1, 0.15) is 0 Å². The molecule has 4 heteroatoms. The van der Waals surface area contributed by atoms with Crippen LogP contribution in [0.15, 0.2) is 0 Å². The SMILES string of the molecule is CC(=O)NCCC1(C(=O)O)CC1. The number of rotatable bonds is 4. The van der Waals surface area contributed by atoms with Gasteiger partial charge < -0.3 is 10.4 Å². The Morgan fingerprint density at radius 3 is 2.42 bits per heavy atom. The summed E-state index contributed by atoms with van der Waals surface area (Å²) in [6.45, 7) is 1.90. The van der Waals surface area contributed by atoms with Crippen LogP contribution in [0.3, 0.4) is 0 Å². The van der Waals surface area contributed by atoms with E-state index < -0.39 is 11.4 Å². The molecule has 0 unspecified atom stereocenters. The Morgan fingerprint density at radius 1 is 1.50 bits per heavy atom. The number of aliphatic carboxylic acids is 1. The molecule has 0 atom stereocenters. The van der Waals surface area contributed by atoms with Crippen LogP contribution in [0, 0.1) is 5.41 Å². The monoisotopic (exact) mass is 171 g/mol. The van der Waals surface area contributed by atoms with Crippen LogP contribution in [0.4, 0.5) is 0 Å². The van der Waals surface area contributed by atoms with Crippen LogP contribution in [0.2, 0.25) is 0 Å². The predicted molar refractivity (Wildman–Crippen MR) is 42.6 cm³/mol. The highest BCUT2D eigenvalue weighted by Crippen LogP contribution is 2.48. The topological polar surface area (TPSA) is 66.4 Å². The number of nitrogens with one attached hydrogen (secondary N) is 1. The largest absolute Gasteiger partial charge is 0.481 e. The number of hydrogen-bond donors (Lipinski definition) is 2. The van der Waals surface area contributed by atoms with Gasteiger partial charge in [0.15, 0.2) is 0 Å². The van der Waals surface area contributed by atoms with Crippen molar-refractivity contribution in [3.05, 3.63) is 0 Å². The Morgan fingerprint density at radius 2 is 2.08 bits per heavy atom. The Balaban J connectivity index is 2.23. The molecule has 1 aliphatic carbocycles. The van der Waals surface area contributed by atoms with E-state index in [-0.39, 0.29) is 5.91 Å². The van der Waals surface area contributed by atoms with Crippen molar-refractivity contribution < 1.29 is 14.7 Å². The first kappa shape index (κ1) is 9.03. The maximum absolute atomic E-state index is 10.6. The Kier molecular flexibility index (Phi) is 2.35. The third kappa shape index (κ3) is 1.96. The predicted octanol–water partition coefficient (Wildman–Crippen LogP) is 0.377. The first-order valence-electron chi connectivity index (χ1n) is 4.05. The Bertz CT molecular complexity index is 208. The molecule has 0 radical (unpaired) electrons. The zero-order chi connectivity index (χ0) is 9.19. The van der Waals surface area contributed by atoms with Gasteiger partial charge in [-0.05, 0) is 19.3 Å². The van der Waals surface area contributed by atoms with Gasteiger partial charge in [-0.1, -0.05) is 0 Å². The fourth-order valence-electron chi connectivity index (χ4n) is 1.20. The molecule has 0 saturated heterocycles. The van der Waals surface area contributed by atoms with Crippen LogP contribution in [0.25, 0.3) is 0 Å². The Hall–Kier alpha value is -1.06. The molecule has 0 aromatic rings. The summed E-state index contributed by atoms with van der Waals surface area (Å²) in [5, 5.41) is 11.4. The average molecular weight is 171 g/mol. The van der Waals surface area contributed by atoms with Crippen molar-refractivity contribution in [2.45, 2.75) is 26.2 Å². The van der Waals surface area contributed by atoms with Crippen molar-refractivity contribution in [1.82, 2.24) is 5.32 Å². The molecular weight excluding hydrogens is 158 g/mol. The Labute approximate surface area is 71.0 Å². The number of amides is 1. The molecule has 4 nitrogen and oxygen atoms in total. The van der Waals surface area contributed by atoms with Crippen LogP contribution < -0.4 is 5.32 Å². The van der Waals surface area contributed by atoms with Crippen molar-refractivity contribution in [2.75, 3.05) is 6.54 Å². The third-order valence-electron chi connectivity index (χ3n) is 2.28. The molecule has 0 aliphatic heterocycles. The van der Waals surface area contributed by atoms with Crippen LogP contribution in [0.5, 0.6) is 0 Å². The number of carbonyl (C=O) groups excluding carboxylic acids is 1. The molecule has 1 aliphatic rings. The zero-order valence-corrected chi connectivity index (χ0v) is 7.09. The standard InChI is InChI=1S/C8H13NO3/c1-6(10)9-5-4-8(2-3-8)7(11)12/h2-5H2,1H3,(H,9,10)(H,11,12).